The van der Waals surface area contributed by atoms with E-state index in [4.69, 9.17) is 0 Å². The highest BCUT2D eigenvalue weighted by molar-refractivity contribution is 7.89. The maximum atomic E-state index is 12.9. The van der Waals surface area contributed by atoms with Gasteiger partial charge in [-0.1, -0.05) is 36.8 Å². The molecule has 0 aliphatic carbocycles. The fourth-order valence-electron chi connectivity index (χ4n) is 3.29. The molecule has 0 radical (unpaired) electrons. The third-order valence-electron chi connectivity index (χ3n) is 4.72. The standard InChI is InChI=1S/C19H20F3NO2S/c20-19(21,22)17-9-11-18(12-10-17)26(24,25)23-13-5-4-8-16(14-23)15-6-2-1-3-7-15/h1-3,6-7,9-12,16H,4-5,8,13-14H2. The normalized spacial score (nSPS) is 19.9. The Morgan fingerprint density at radius 3 is 2.19 bits per heavy atom. The third-order valence-corrected chi connectivity index (χ3v) is 6.60. The molecule has 140 valence electrons. The Morgan fingerprint density at radius 2 is 1.58 bits per heavy atom. The van der Waals surface area contributed by atoms with Crippen molar-refractivity contribution in [3.05, 3.63) is 65.7 Å². The van der Waals surface area contributed by atoms with Gasteiger partial charge < -0.3 is 0 Å². The Labute approximate surface area is 151 Å². The van der Waals surface area contributed by atoms with E-state index in [0.717, 1.165) is 49.1 Å². The van der Waals surface area contributed by atoms with E-state index in [-0.39, 0.29) is 10.8 Å². The monoisotopic (exact) mass is 383 g/mol. The second kappa shape index (κ2) is 7.40. The van der Waals surface area contributed by atoms with Gasteiger partial charge in [0, 0.05) is 13.1 Å². The largest absolute Gasteiger partial charge is 0.416 e. The maximum Gasteiger partial charge on any atom is 0.416 e. The van der Waals surface area contributed by atoms with Gasteiger partial charge in [0.1, 0.15) is 0 Å². The summed E-state index contributed by atoms with van der Waals surface area (Å²) in [7, 11) is -3.82. The molecule has 3 rings (SSSR count). The number of halogens is 3. The summed E-state index contributed by atoms with van der Waals surface area (Å²) in [5.74, 6) is 0.0860. The van der Waals surface area contributed by atoms with Crippen molar-refractivity contribution in [1.29, 1.82) is 0 Å². The molecule has 0 N–H and O–H groups in total. The van der Waals surface area contributed by atoms with Gasteiger partial charge in [0.05, 0.1) is 10.5 Å². The predicted octanol–water partition coefficient (Wildman–Crippen LogP) is 4.66. The van der Waals surface area contributed by atoms with Crippen LogP contribution in [0.5, 0.6) is 0 Å². The molecule has 26 heavy (non-hydrogen) atoms. The average molecular weight is 383 g/mol. The molecular weight excluding hydrogens is 363 g/mol. The van der Waals surface area contributed by atoms with Crippen molar-refractivity contribution in [2.45, 2.75) is 36.3 Å². The van der Waals surface area contributed by atoms with Gasteiger partial charge >= 0.3 is 6.18 Å². The predicted molar refractivity (Wildman–Crippen MR) is 93.2 cm³/mol. The molecule has 0 amide bonds. The molecule has 1 aliphatic heterocycles. The van der Waals surface area contributed by atoms with Gasteiger partial charge in [0.25, 0.3) is 0 Å². The fourth-order valence-corrected chi connectivity index (χ4v) is 4.81. The second-order valence-corrected chi connectivity index (χ2v) is 8.43. The van der Waals surface area contributed by atoms with E-state index in [2.05, 4.69) is 0 Å². The number of nitrogens with zero attached hydrogens (tertiary/aromatic N) is 1. The van der Waals surface area contributed by atoms with Gasteiger partial charge in [-0.2, -0.15) is 17.5 Å². The van der Waals surface area contributed by atoms with Crippen molar-refractivity contribution in [2.75, 3.05) is 13.1 Å². The molecule has 1 aliphatic rings. The SMILES string of the molecule is O=S(=O)(c1ccc(C(F)(F)F)cc1)N1CCCCC(c2ccccc2)C1. The molecule has 1 unspecified atom stereocenters. The van der Waals surface area contributed by atoms with E-state index in [0.29, 0.717) is 13.1 Å². The zero-order valence-electron chi connectivity index (χ0n) is 14.1. The van der Waals surface area contributed by atoms with Crippen molar-refractivity contribution in [3.8, 4) is 0 Å². The van der Waals surface area contributed by atoms with Crippen molar-refractivity contribution in [2.24, 2.45) is 0 Å². The first kappa shape index (κ1) is 18.9. The number of hydrogen-bond donors (Lipinski definition) is 0. The second-order valence-electron chi connectivity index (χ2n) is 6.49. The minimum atomic E-state index is -4.48. The lowest BCUT2D eigenvalue weighted by atomic mass is 9.95. The first-order chi connectivity index (χ1) is 12.3. The third kappa shape index (κ3) is 4.10. The number of benzene rings is 2. The molecule has 7 heteroatoms. The molecule has 1 heterocycles. The zero-order chi connectivity index (χ0) is 18.8. The topological polar surface area (TPSA) is 37.4 Å². The summed E-state index contributed by atoms with van der Waals surface area (Å²) in [5, 5.41) is 0. The lowest BCUT2D eigenvalue weighted by Gasteiger charge is -2.24. The minimum absolute atomic E-state index is 0.0860. The van der Waals surface area contributed by atoms with Crippen molar-refractivity contribution < 1.29 is 21.6 Å². The summed E-state index contributed by atoms with van der Waals surface area (Å²) in [6, 6.07) is 13.5. The fraction of sp³-hybridized carbons (Fsp3) is 0.368. The molecule has 2 aromatic carbocycles. The highest BCUT2D eigenvalue weighted by Gasteiger charge is 2.33. The molecule has 0 aromatic heterocycles. The highest BCUT2D eigenvalue weighted by Crippen LogP contribution is 2.32. The lowest BCUT2D eigenvalue weighted by Crippen LogP contribution is -2.34. The molecule has 1 saturated heterocycles. The van der Waals surface area contributed by atoms with Crippen LogP contribution in [-0.4, -0.2) is 25.8 Å². The van der Waals surface area contributed by atoms with E-state index in [9.17, 15) is 21.6 Å². The molecule has 0 saturated carbocycles. The lowest BCUT2D eigenvalue weighted by molar-refractivity contribution is -0.137. The summed E-state index contributed by atoms with van der Waals surface area (Å²) in [4.78, 5) is -0.0980. The van der Waals surface area contributed by atoms with Gasteiger partial charge in [-0.3, -0.25) is 0 Å². The molecule has 2 aromatic rings. The summed E-state index contributed by atoms with van der Waals surface area (Å²) in [5.41, 5.74) is 0.233. The van der Waals surface area contributed by atoms with Gasteiger partial charge in [-0.25, -0.2) is 8.42 Å². The molecule has 0 spiro atoms. The van der Waals surface area contributed by atoms with E-state index in [1.165, 1.54) is 4.31 Å². The summed E-state index contributed by atoms with van der Waals surface area (Å²) in [6.07, 6.45) is -1.94. The first-order valence-electron chi connectivity index (χ1n) is 8.51. The first-order valence-corrected chi connectivity index (χ1v) is 9.95. The molecule has 0 bridgehead atoms. The van der Waals surface area contributed by atoms with Crippen LogP contribution in [0.3, 0.4) is 0 Å². The Balaban J connectivity index is 1.85. The van der Waals surface area contributed by atoms with Crippen LogP contribution in [-0.2, 0) is 16.2 Å². The van der Waals surface area contributed by atoms with Gasteiger partial charge in [-0.15, -0.1) is 0 Å². The maximum absolute atomic E-state index is 12.9. The Kier molecular flexibility index (Phi) is 5.39. The number of sulfonamides is 1. The molecular formula is C19H20F3NO2S. The zero-order valence-corrected chi connectivity index (χ0v) is 14.9. The smallest absolute Gasteiger partial charge is 0.207 e. The quantitative estimate of drug-likeness (QED) is 0.773. The summed E-state index contributed by atoms with van der Waals surface area (Å²) >= 11 is 0. The van der Waals surface area contributed by atoms with E-state index in [1.54, 1.807) is 0 Å². The van der Waals surface area contributed by atoms with Crippen LogP contribution >= 0.6 is 0 Å². The molecule has 1 fully saturated rings. The highest BCUT2D eigenvalue weighted by atomic mass is 32.2. The summed E-state index contributed by atoms with van der Waals surface area (Å²) in [6.45, 7) is 0.722. The molecule has 3 nitrogen and oxygen atoms in total. The van der Waals surface area contributed by atoms with Crippen LogP contribution < -0.4 is 0 Å². The van der Waals surface area contributed by atoms with Crippen LogP contribution in [0.15, 0.2) is 59.5 Å². The van der Waals surface area contributed by atoms with Crippen LogP contribution in [0, 0.1) is 0 Å². The van der Waals surface area contributed by atoms with Crippen LogP contribution in [0.2, 0.25) is 0 Å². The van der Waals surface area contributed by atoms with Crippen molar-refractivity contribution in [3.63, 3.8) is 0 Å². The van der Waals surface area contributed by atoms with Crippen LogP contribution in [0.25, 0.3) is 0 Å². The Morgan fingerprint density at radius 1 is 0.923 bits per heavy atom. The van der Waals surface area contributed by atoms with Crippen molar-refractivity contribution >= 4 is 10.0 Å². The van der Waals surface area contributed by atoms with Gasteiger partial charge in [0.2, 0.25) is 10.0 Å². The van der Waals surface area contributed by atoms with Crippen LogP contribution in [0.4, 0.5) is 13.2 Å². The molecule has 1 atom stereocenters. The number of alkyl halides is 3. The van der Waals surface area contributed by atoms with E-state index >= 15 is 0 Å². The van der Waals surface area contributed by atoms with E-state index in [1.807, 2.05) is 30.3 Å². The van der Waals surface area contributed by atoms with Gasteiger partial charge in [-0.05, 0) is 48.6 Å². The van der Waals surface area contributed by atoms with Gasteiger partial charge in [0.15, 0.2) is 0 Å². The number of rotatable bonds is 3. The average Bonchev–Trinajstić information content (AvgIpc) is 2.89. The summed E-state index contributed by atoms with van der Waals surface area (Å²) < 4.78 is 65.4. The van der Waals surface area contributed by atoms with Crippen LogP contribution in [0.1, 0.15) is 36.3 Å². The van der Waals surface area contributed by atoms with Crippen molar-refractivity contribution in [1.82, 2.24) is 4.31 Å². The minimum Gasteiger partial charge on any atom is -0.207 e. The Bertz CT molecular complexity index is 833. The number of hydrogen-bond acceptors (Lipinski definition) is 2. The Hall–Kier alpha value is -1.86. The van der Waals surface area contributed by atoms with E-state index < -0.39 is 21.8 Å².